The van der Waals surface area contributed by atoms with E-state index < -0.39 is 0 Å². The van der Waals surface area contributed by atoms with Crippen LogP contribution in [-0.2, 0) is 4.74 Å². The Labute approximate surface area is 99.2 Å². The fourth-order valence-corrected chi connectivity index (χ4v) is 2.83. The number of rotatable bonds is 3. The summed E-state index contributed by atoms with van der Waals surface area (Å²) in [6.07, 6.45) is 1.99. The van der Waals surface area contributed by atoms with E-state index >= 15 is 0 Å². The molecular weight excluding hydrogens is 224 g/mol. The molecule has 1 fully saturated rings. The van der Waals surface area contributed by atoms with Crippen LogP contribution in [-0.4, -0.2) is 29.4 Å². The van der Waals surface area contributed by atoms with Crippen LogP contribution in [0.1, 0.15) is 35.8 Å². The van der Waals surface area contributed by atoms with Crippen LogP contribution in [0.2, 0.25) is 0 Å². The van der Waals surface area contributed by atoms with Crippen LogP contribution in [0.4, 0.5) is 5.00 Å². The van der Waals surface area contributed by atoms with E-state index in [4.69, 9.17) is 4.74 Å². The molecule has 1 aromatic heterocycles. The standard InChI is InChI=1S/C11H16N2O2S/c1-7-10(8(2)14)11(16-13-7)12-9-3-5-15-6-4-9/h9,12H,3-6H2,1-2H3. The monoisotopic (exact) mass is 240 g/mol. The molecule has 0 spiro atoms. The lowest BCUT2D eigenvalue weighted by Crippen LogP contribution is -2.28. The highest BCUT2D eigenvalue weighted by molar-refractivity contribution is 7.10. The second-order valence-corrected chi connectivity index (χ2v) is 4.83. The zero-order valence-corrected chi connectivity index (χ0v) is 10.4. The lowest BCUT2D eigenvalue weighted by molar-refractivity contribution is 0.0905. The van der Waals surface area contributed by atoms with Crippen LogP contribution in [0.15, 0.2) is 0 Å². The van der Waals surface area contributed by atoms with Crippen molar-refractivity contribution in [2.75, 3.05) is 18.5 Å². The van der Waals surface area contributed by atoms with Crippen molar-refractivity contribution in [3.8, 4) is 0 Å². The third kappa shape index (κ3) is 2.41. The van der Waals surface area contributed by atoms with E-state index in [0.29, 0.717) is 6.04 Å². The summed E-state index contributed by atoms with van der Waals surface area (Å²) in [6.45, 7) is 5.06. The Morgan fingerprint density at radius 2 is 2.19 bits per heavy atom. The van der Waals surface area contributed by atoms with E-state index in [-0.39, 0.29) is 5.78 Å². The van der Waals surface area contributed by atoms with Gasteiger partial charge in [0, 0.05) is 19.3 Å². The van der Waals surface area contributed by atoms with Gasteiger partial charge in [0.15, 0.2) is 5.78 Å². The van der Waals surface area contributed by atoms with E-state index in [1.54, 1.807) is 6.92 Å². The van der Waals surface area contributed by atoms with Crippen molar-refractivity contribution in [1.82, 2.24) is 4.37 Å². The van der Waals surface area contributed by atoms with Crippen LogP contribution in [0.5, 0.6) is 0 Å². The number of aryl methyl sites for hydroxylation is 1. The fourth-order valence-electron chi connectivity index (χ4n) is 1.91. The average molecular weight is 240 g/mol. The molecule has 1 saturated heterocycles. The summed E-state index contributed by atoms with van der Waals surface area (Å²) in [5, 5.41) is 4.32. The second-order valence-electron chi connectivity index (χ2n) is 4.06. The molecular formula is C11H16N2O2S. The molecule has 2 heterocycles. The number of hydrogen-bond acceptors (Lipinski definition) is 5. The summed E-state index contributed by atoms with van der Waals surface area (Å²) in [5.41, 5.74) is 1.57. The number of carbonyl (C=O) groups excluding carboxylic acids is 1. The first-order chi connectivity index (χ1) is 7.68. The Balaban J connectivity index is 2.11. The van der Waals surface area contributed by atoms with E-state index in [1.165, 1.54) is 11.5 Å². The van der Waals surface area contributed by atoms with Crippen molar-refractivity contribution in [2.45, 2.75) is 32.7 Å². The number of hydrogen-bond donors (Lipinski definition) is 1. The Hall–Kier alpha value is -0.940. The highest BCUT2D eigenvalue weighted by Gasteiger charge is 2.19. The van der Waals surface area contributed by atoms with E-state index in [1.807, 2.05) is 6.92 Å². The van der Waals surface area contributed by atoms with Gasteiger partial charge in [0.1, 0.15) is 5.00 Å². The van der Waals surface area contributed by atoms with Gasteiger partial charge in [-0.15, -0.1) is 0 Å². The number of anilines is 1. The number of ketones is 1. The van der Waals surface area contributed by atoms with Gasteiger partial charge in [-0.3, -0.25) is 4.79 Å². The van der Waals surface area contributed by atoms with Crippen molar-refractivity contribution in [2.24, 2.45) is 0 Å². The first-order valence-electron chi connectivity index (χ1n) is 5.50. The minimum absolute atomic E-state index is 0.0841. The van der Waals surface area contributed by atoms with Crippen LogP contribution < -0.4 is 5.32 Å². The zero-order chi connectivity index (χ0) is 11.5. The maximum Gasteiger partial charge on any atom is 0.164 e. The van der Waals surface area contributed by atoms with Crippen LogP contribution >= 0.6 is 11.5 Å². The number of aromatic nitrogens is 1. The summed E-state index contributed by atoms with van der Waals surface area (Å²) in [6, 6.07) is 0.409. The lowest BCUT2D eigenvalue weighted by atomic mass is 10.1. The predicted octanol–water partition coefficient (Wildman–Crippen LogP) is 2.25. The minimum Gasteiger partial charge on any atom is -0.381 e. The summed E-state index contributed by atoms with van der Waals surface area (Å²) in [5.74, 6) is 0.0841. The molecule has 0 atom stereocenters. The van der Waals surface area contributed by atoms with Crippen molar-refractivity contribution in [3.63, 3.8) is 0 Å². The van der Waals surface area contributed by atoms with E-state index in [9.17, 15) is 4.79 Å². The van der Waals surface area contributed by atoms with Gasteiger partial charge in [-0.05, 0) is 38.2 Å². The van der Waals surface area contributed by atoms with E-state index in [0.717, 1.165) is 42.3 Å². The number of nitrogens with zero attached hydrogens (tertiary/aromatic N) is 1. The molecule has 1 aliphatic heterocycles. The molecule has 5 heteroatoms. The third-order valence-electron chi connectivity index (χ3n) is 2.77. The molecule has 88 valence electrons. The van der Waals surface area contributed by atoms with Gasteiger partial charge < -0.3 is 10.1 Å². The zero-order valence-electron chi connectivity index (χ0n) is 9.58. The Morgan fingerprint density at radius 1 is 1.50 bits per heavy atom. The third-order valence-corrected chi connectivity index (χ3v) is 3.64. The normalized spacial score (nSPS) is 17.4. The predicted molar refractivity (Wildman–Crippen MR) is 64.3 cm³/mol. The van der Waals surface area contributed by atoms with Crippen molar-refractivity contribution in [3.05, 3.63) is 11.3 Å². The number of nitrogens with one attached hydrogen (secondary N) is 1. The molecule has 4 nitrogen and oxygen atoms in total. The van der Waals surface area contributed by atoms with Crippen LogP contribution in [0.3, 0.4) is 0 Å². The molecule has 0 unspecified atom stereocenters. The molecule has 0 aromatic carbocycles. The fraction of sp³-hybridized carbons (Fsp3) is 0.636. The maximum absolute atomic E-state index is 11.5. The van der Waals surface area contributed by atoms with Crippen molar-refractivity contribution in [1.29, 1.82) is 0 Å². The van der Waals surface area contributed by atoms with Crippen LogP contribution in [0, 0.1) is 6.92 Å². The summed E-state index contributed by atoms with van der Waals surface area (Å²) in [4.78, 5) is 11.5. The largest absolute Gasteiger partial charge is 0.381 e. The number of carbonyl (C=O) groups is 1. The summed E-state index contributed by atoms with van der Waals surface area (Å²) >= 11 is 1.38. The van der Waals surface area contributed by atoms with Gasteiger partial charge >= 0.3 is 0 Å². The Morgan fingerprint density at radius 3 is 2.81 bits per heavy atom. The van der Waals surface area contributed by atoms with Gasteiger partial charge in [-0.25, -0.2) is 0 Å². The maximum atomic E-state index is 11.5. The van der Waals surface area contributed by atoms with Gasteiger partial charge in [0.05, 0.1) is 11.3 Å². The van der Waals surface area contributed by atoms with Gasteiger partial charge in [-0.1, -0.05) is 0 Å². The molecule has 1 aliphatic rings. The van der Waals surface area contributed by atoms with Crippen LogP contribution in [0.25, 0.3) is 0 Å². The molecule has 1 N–H and O–H groups in total. The van der Waals surface area contributed by atoms with Gasteiger partial charge in [-0.2, -0.15) is 4.37 Å². The van der Waals surface area contributed by atoms with Gasteiger partial charge in [0.25, 0.3) is 0 Å². The highest BCUT2D eigenvalue weighted by Crippen LogP contribution is 2.27. The SMILES string of the molecule is CC(=O)c1c(C)nsc1NC1CCOCC1. The Bertz CT molecular complexity index is 383. The van der Waals surface area contributed by atoms with E-state index in [2.05, 4.69) is 9.69 Å². The molecule has 0 aliphatic carbocycles. The lowest BCUT2D eigenvalue weighted by Gasteiger charge is -2.23. The van der Waals surface area contributed by atoms with Gasteiger partial charge in [0.2, 0.25) is 0 Å². The molecule has 16 heavy (non-hydrogen) atoms. The number of ether oxygens (including phenoxy) is 1. The molecule has 1 aromatic rings. The average Bonchev–Trinajstić information content (AvgIpc) is 2.61. The second kappa shape index (κ2) is 4.93. The summed E-state index contributed by atoms with van der Waals surface area (Å²) in [7, 11) is 0. The smallest absolute Gasteiger partial charge is 0.164 e. The minimum atomic E-state index is 0.0841. The first kappa shape index (κ1) is 11.5. The number of Topliss-reactive ketones (excluding diaryl/α,β-unsaturated/α-hetero) is 1. The molecule has 2 rings (SSSR count). The van der Waals surface area contributed by atoms with Crippen molar-refractivity contribution < 1.29 is 9.53 Å². The highest BCUT2D eigenvalue weighted by atomic mass is 32.1. The van der Waals surface area contributed by atoms with Crippen molar-refractivity contribution >= 4 is 22.3 Å². The molecule has 0 bridgehead atoms. The quantitative estimate of drug-likeness (QED) is 0.823. The molecule has 0 amide bonds. The summed E-state index contributed by atoms with van der Waals surface area (Å²) < 4.78 is 9.53. The molecule has 0 radical (unpaired) electrons. The topological polar surface area (TPSA) is 51.2 Å². The molecule has 0 saturated carbocycles. The first-order valence-corrected chi connectivity index (χ1v) is 6.27. The Kier molecular flexibility index (Phi) is 3.56.